The largest absolute Gasteiger partial charge is 0.446 e. The number of benzene rings is 2. The molecule has 0 aliphatic heterocycles. The van der Waals surface area contributed by atoms with Gasteiger partial charge in [-0.3, -0.25) is 4.79 Å². The van der Waals surface area contributed by atoms with Gasteiger partial charge < -0.3 is 15.4 Å². The molecule has 0 radical (unpaired) electrons. The third-order valence-corrected chi connectivity index (χ3v) is 7.20. The van der Waals surface area contributed by atoms with Crippen molar-refractivity contribution in [3.63, 3.8) is 0 Å². The van der Waals surface area contributed by atoms with Gasteiger partial charge >= 0.3 is 12.3 Å². The van der Waals surface area contributed by atoms with Crippen LogP contribution in [0.15, 0.2) is 58.6 Å². The van der Waals surface area contributed by atoms with Crippen LogP contribution < -0.4 is 10.6 Å². The van der Waals surface area contributed by atoms with E-state index in [1.807, 2.05) is 20.8 Å². The van der Waals surface area contributed by atoms with Gasteiger partial charge in [0.25, 0.3) is 0 Å². The van der Waals surface area contributed by atoms with Crippen molar-refractivity contribution in [2.45, 2.75) is 63.8 Å². The van der Waals surface area contributed by atoms with Crippen LogP contribution in [0.3, 0.4) is 0 Å². The van der Waals surface area contributed by atoms with Crippen molar-refractivity contribution in [1.29, 1.82) is 5.26 Å². The first kappa shape index (κ1) is 29.1. The number of allylic oxidation sites excluding steroid dienone is 1. The second kappa shape index (κ2) is 12.4. The van der Waals surface area contributed by atoms with Crippen LogP contribution >= 0.6 is 11.8 Å². The van der Waals surface area contributed by atoms with Crippen molar-refractivity contribution >= 4 is 29.3 Å². The maximum absolute atomic E-state index is 13.3. The van der Waals surface area contributed by atoms with Crippen molar-refractivity contribution in [2.24, 2.45) is 5.92 Å². The Morgan fingerprint density at radius 3 is 2.53 bits per heavy atom. The summed E-state index contributed by atoms with van der Waals surface area (Å²) in [5.74, 6) is 0.496. The van der Waals surface area contributed by atoms with Crippen molar-refractivity contribution in [3.05, 3.63) is 70.4 Å². The molecule has 1 aliphatic rings. The third kappa shape index (κ3) is 7.10. The summed E-state index contributed by atoms with van der Waals surface area (Å²) >= 11 is 1.45. The highest BCUT2D eigenvalue weighted by atomic mass is 32.2. The molecule has 6 nitrogen and oxygen atoms in total. The van der Waals surface area contributed by atoms with Crippen molar-refractivity contribution in [1.82, 2.24) is 5.32 Å². The lowest BCUT2D eigenvalue weighted by atomic mass is 9.95. The van der Waals surface area contributed by atoms with Gasteiger partial charge in [-0.2, -0.15) is 18.4 Å². The number of alkyl carbamates (subject to hydrolysis) is 1. The van der Waals surface area contributed by atoms with E-state index in [9.17, 15) is 28.0 Å². The number of rotatable bonds is 9. The molecule has 10 heteroatoms. The van der Waals surface area contributed by atoms with E-state index in [1.54, 1.807) is 25.1 Å². The second-order valence-corrected chi connectivity index (χ2v) is 10.6. The monoisotopic (exact) mass is 545 g/mol. The minimum absolute atomic E-state index is 0.0609. The number of Topliss-reactive ketones (excluding diaryl/α,β-unsaturated/α-hetero) is 1. The summed E-state index contributed by atoms with van der Waals surface area (Å²) in [6.07, 6.45) is -5.22. The molecule has 0 fully saturated rings. The molecular formula is C28H30F3N3O3S. The molecule has 0 saturated heterocycles. The van der Waals surface area contributed by atoms with Crippen molar-refractivity contribution in [2.75, 3.05) is 11.1 Å². The molecule has 0 heterocycles. The first-order valence-electron chi connectivity index (χ1n) is 12.3. The fraction of sp³-hybridized carbons (Fsp3) is 0.393. The van der Waals surface area contributed by atoms with Gasteiger partial charge in [0.15, 0.2) is 5.78 Å². The first-order valence-corrected chi connectivity index (χ1v) is 13.3. The summed E-state index contributed by atoms with van der Waals surface area (Å²) in [6.45, 7) is 7.52. The Kier molecular flexibility index (Phi) is 9.50. The molecule has 38 heavy (non-hydrogen) atoms. The van der Waals surface area contributed by atoms with Crippen LogP contribution in [0.25, 0.3) is 0 Å². The van der Waals surface area contributed by atoms with E-state index in [0.29, 0.717) is 27.5 Å². The van der Waals surface area contributed by atoms with Crippen LogP contribution in [0.4, 0.5) is 23.7 Å². The Labute approximate surface area is 224 Å². The Hall–Kier alpha value is -3.45. The molecule has 2 atom stereocenters. The number of thioether (sulfide) groups is 1. The van der Waals surface area contributed by atoms with Crippen LogP contribution in [-0.4, -0.2) is 23.7 Å². The maximum atomic E-state index is 13.3. The molecular weight excluding hydrogens is 515 g/mol. The molecule has 2 unspecified atom stereocenters. The SMILES string of the molecule is CCSc1cc(C#N)ccc1C(NC(=O)OC(C)C(C)C)C1=C(Nc2cccc(C(F)(F)F)c2)CCC1=O. The van der Waals surface area contributed by atoms with E-state index < -0.39 is 30.0 Å². The zero-order valence-corrected chi connectivity index (χ0v) is 22.4. The Balaban J connectivity index is 2.10. The molecule has 0 saturated carbocycles. The van der Waals surface area contributed by atoms with Crippen LogP contribution in [-0.2, 0) is 15.7 Å². The highest BCUT2D eigenvalue weighted by Crippen LogP contribution is 2.39. The number of nitrogens with one attached hydrogen (secondary N) is 2. The normalized spacial score (nSPS) is 15.3. The summed E-state index contributed by atoms with van der Waals surface area (Å²) in [7, 11) is 0. The molecule has 1 aliphatic carbocycles. The number of hydrogen-bond acceptors (Lipinski definition) is 6. The Bertz CT molecular complexity index is 1270. The fourth-order valence-corrected chi connectivity index (χ4v) is 4.85. The number of hydrogen-bond donors (Lipinski definition) is 2. The lowest BCUT2D eigenvalue weighted by Crippen LogP contribution is -2.35. The van der Waals surface area contributed by atoms with Crippen LogP contribution in [0.5, 0.6) is 0 Å². The van der Waals surface area contributed by atoms with Crippen molar-refractivity contribution in [3.8, 4) is 6.07 Å². The molecule has 0 aromatic heterocycles. The van der Waals surface area contributed by atoms with E-state index in [-0.39, 0.29) is 35.8 Å². The van der Waals surface area contributed by atoms with Crippen LogP contribution in [0, 0.1) is 17.2 Å². The maximum Gasteiger partial charge on any atom is 0.416 e. The van der Waals surface area contributed by atoms with Crippen molar-refractivity contribution < 1.29 is 27.5 Å². The lowest BCUT2D eigenvalue weighted by molar-refractivity contribution is -0.137. The van der Waals surface area contributed by atoms with E-state index in [1.165, 1.54) is 23.9 Å². The summed E-state index contributed by atoms with van der Waals surface area (Å²) in [4.78, 5) is 26.8. The number of nitriles is 1. The second-order valence-electron chi connectivity index (χ2n) is 9.25. The van der Waals surface area contributed by atoms with Gasteiger partial charge in [-0.25, -0.2) is 4.79 Å². The van der Waals surface area contributed by atoms with Gasteiger partial charge in [0, 0.05) is 28.3 Å². The van der Waals surface area contributed by atoms with E-state index in [2.05, 4.69) is 16.7 Å². The average Bonchev–Trinajstić information content (AvgIpc) is 3.21. The Morgan fingerprint density at radius 2 is 1.89 bits per heavy atom. The summed E-state index contributed by atoms with van der Waals surface area (Å²) in [5.41, 5.74) is 1.06. The molecule has 0 bridgehead atoms. The number of carbonyl (C=O) groups is 2. The molecule has 0 spiro atoms. The van der Waals surface area contributed by atoms with Gasteiger partial charge in [0.05, 0.1) is 23.2 Å². The predicted molar refractivity (Wildman–Crippen MR) is 141 cm³/mol. The van der Waals surface area contributed by atoms with Gasteiger partial charge in [0.1, 0.15) is 6.10 Å². The summed E-state index contributed by atoms with van der Waals surface area (Å²) in [5, 5.41) is 15.2. The topological polar surface area (TPSA) is 91.2 Å². The van der Waals surface area contributed by atoms with Gasteiger partial charge in [-0.1, -0.05) is 32.9 Å². The number of nitrogens with zero attached hydrogens (tertiary/aromatic N) is 1. The third-order valence-electron chi connectivity index (χ3n) is 6.25. The molecule has 2 aromatic carbocycles. The lowest BCUT2D eigenvalue weighted by Gasteiger charge is -2.25. The average molecular weight is 546 g/mol. The number of halogens is 3. The van der Waals surface area contributed by atoms with E-state index in [4.69, 9.17) is 4.74 Å². The number of alkyl halides is 3. The predicted octanol–water partition coefficient (Wildman–Crippen LogP) is 7.23. The molecule has 2 N–H and O–H groups in total. The van der Waals surface area contributed by atoms with Gasteiger partial charge in [0.2, 0.25) is 0 Å². The highest BCUT2D eigenvalue weighted by molar-refractivity contribution is 7.99. The number of anilines is 1. The minimum atomic E-state index is -4.52. The highest BCUT2D eigenvalue weighted by Gasteiger charge is 2.35. The quantitative estimate of drug-likeness (QED) is 0.323. The first-order chi connectivity index (χ1) is 17.9. The standard InChI is InChI=1S/C28H30F3N3O3S/c1-5-38-24-13-18(15-32)9-10-21(24)26(34-27(36)37-17(4)16(2)3)25-22(11-12-23(25)35)33-20-8-6-7-19(14-20)28(29,30)31/h6-10,13-14,16-17,26,33H,5,11-12H2,1-4H3,(H,34,36). The minimum Gasteiger partial charge on any atom is -0.446 e. The van der Waals surface area contributed by atoms with Crippen LogP contribution in [0.1, 0.15) is 63.3 Å². The van der Waals surface area contributed by atoms with E-state index in [0.717, 1.165) is 12.1 Å². The van der Waals surface area contributed by atoms with Gasteiger partial charge in [-0.15, -0.1) is 11.8 Å². The number of ketones is 1. The summed E-state index contributed by atoms with van der Waals surface area (Å²) < 4.78 is 45.3. The van der Waals surface area contributed by atoms with E-state index >= 15 is 0 Å². The number of carbonyl (C=O) groups excluding carboxylic acids is 2. The molecule has 2 aromatic rings. The molecule has 202 valence electrons. The fourth-order valence-electron chi connectivity index (χ4n) is 3.97. The Morgan fingerprint density at radius 1 is 1.16 bits per heavy atom. The zero-order chi connectivity index (χ0) is 28.0. The van der Waals surface area contributed by atoms with Gasteiger partial charge in [-0.05, 0) is 60.9 Å². The number of amides is 1. The van der Waals surface area contributed by atoms with Crippen LogP contribution in [0.2, 0.25) is 0 Å². The smallest absolute Gasteiger partial charge is 0.416 e. The molecule has 1 amide bonds. The zero-order valence-electron chi connectivity index (χ0n) is 21.6. The summed E-state index contributed by atoms with van der Waals surface area (Å²) in [6, 6.07) is 10.9. The molecule has 3 rings (SSSR count). The number of ether oxygens (including phenoxy) is 1.